The van der Waals surface area contributed by atoms with Gasteiger partial charge in [-0.05, 0) is 30.7 Å². The van der Waals surface area contributed by atoms with E-state index >= 15 is 0 Å². The maximum Gasteiger partial charge on any atom is 0.258 e. The van der Waals surface area contributed by atoms with Crippen LogP contribution in [-0.2, 0) is 18.4 Å². The summed E-state index contributed by atoms with van der Waals surface area (Å²) in [6, 6.07) is 8.33. The van der Waals surface area contributed by atoms with E-state index in [1.54, 1.807) is 35.9 Å². The lowest BCUT2D eigenvalue weighted by molar-refractivity contribution is -0.123. The fraction of sp³-hybridized carbons (Fsp3) is 0.333. The van der Waals surface area contributed by atoms with Crippen molar-refractivity contribution in [3.05, 3.63) is 52.4 Å². The third-order valence-electron chi connectivity index (χ3n) is 3.45. The Morgan fingerprint density at radius 3 is 2.48 bits per heavy atom. The highest BCUT2D eigenvalue weighted by Crippen LogP contribution is 2.17. The first kappa shape index (κ1) is 18.4. The molecule has 0 bridgehead atoms. The van der Waals surface area contributed by atoms with Gasteiger partial charge in [-0.15, -0.1) is 0 Å². The number of aromatic hydroxyl groups is 1. The summed E-state index contributed by atoms with van der Waals surface area (Å²) in [4.78, 5) is 23.3. The van der Waals surface area contributed by atoms with Crippen molar-refractivity contribution in [2.75, 3.05) is 13.2 Å². The van der Waals surface area contributed by atoms with Crippen LogP contribution in [0.3, 0.4) is 0 Å². The predicted octanol–water partition coefficient (Wildman–Crippen LogP) is 1.57. The van der Waals surface area contributed by atoms with Gasteiger partial charge >= 0.3 is 0 Å². The van der Waals surface area contributed by atoms with Crippen LogP contribution in [0.4, 0.5) is 0 Å². The second-order valence-electron chi connectivity index (χ2n) is 5.51. The lowest BCUT2D eigenvalue weighted by Crippen LogP contribution is -2.30. The molecule has 1 aromatic heterocycles. The Balaban J connectivity index is 1.81. The first-order chi connectivity index (χ1) is 12.0. The van der Waals surface area contributed by atoms with E-state index in [0.717, 1.165) is 12.2 Å². The summed E-state index contributed by atoms with van der Waals surface area (Å²) in [6.45, 7) is 2.72. The van der Waals surface area contributed by atoms with E-state index in [0.29, 0.717) is 18.1 Å². The first-order valence-electron chi connectivity index (χ1n) is 8.00. The number of benzene rings is 1. The molecule has 0 unspecified atom stereocenters. The van der Waals surface area contributed by atoms with Crippen molar-refractivity contribution >= 4 is 5.91 Å². The van der Waals surface area contributed by atoms with E-state index in [1.807, 2.05) is 6.92 Å². The van der Waals surface area contributed by atoms with Gasteiger partial charge in [0.25, 0.3) is 5.91 Å². The molecule has 2 N–H and O–H groups in total. The van der Waals surface area contributed by atoms with Gasteiger partial charge in [-0.25, -0.2) is 0 Å². The normalized spacial score (nSPS) is 10.3. The van der Waals surface area contributed by atoms with Gasteiger partial charge in [-0.2, -0.15) is 0 Å². The Morgan fingerprint density at radius 2 is 1.84 bits per heavy atom. The van der Waals surface area contributed by atoms with Crippen molar-refractivity contribution in [2.45, 2.75) is 19.9 Å². The molecule has 2 aromatic rings. The number of nitrogens with zero attached hydrogens (tertiary/aromatic N) is 1. The summed E-state index contributed by atoms with van der Waals surface area (Å²) in [6.07, 6.45) is 2.24. The molecule has 0 radical (unpaired) electrons. The summed E-state index contributed by atoms with van der Waals surface area (Å²) in [7, 11) is 1.68. The zero-order chi connectivity index (χ0) is 18.2. The van der Waals surface area contributed by atoms with Gasteiger partial charge in [0.05, 0.1) is 13.2 Å². The number of hydrogen-bond donors (Lipinski definition) is 2. The largest absolute Gasteiger partial charge is 0.503 e. The third kappa shape index (κ3) is 5.56. The van der Waals surface area contributed by atoms with Gasteiger partial charge in [-0.3, -0.25) is 9.59 Å². The molecule has 25 heavy (non-hydrogen) atoms. The number of amides is 1. The molecule has 0 saturated heterocycles. The molecule has 2 rings (SSSR count). The molecule has 0 fully saturated rings. The minimum absolute atomic E-state index is 0.138. The second kappa shape index (κ2) is 8.77. The Labute approximate surface area is 145 Å². The highest BCUT2D eigenvalue weighted by atomic mass is 16.5. The van der Waals surface area contributed by atoms with Crippen molar-refractivity contribution in [1.82, 2.24) is 9.88 Å². The molecule has 0 saturated carbocycles. The van der Waals surface area contributed by atoms with Crippen LogP contribution in [0.15, 0.2) is 41.3 Å². The summed E-state index contributed by atoms with van der Waals surface area (Å²) >= 11 is 0. The number of nitrogens with one attached hydrogen (secondary N) is 1. The molecule has 7 heteroatoms. The quantitative estimate of drug-likeness (QED) is 0.757. The van der Waals surface area contributed by atoms with Crippen molar-refractivity contribution in [3.63, 3.8) is 0 Å². The van der Waals surface area contributed by atoms with Gasteiger partial charge in [0.2, 0.25) is 5.43 Å². The molecule has 0 aliphatic rings. The molecule has 0 atom stereocenters. The van der Waals surface area contributed by atoms with Crippen molar-refractivity contribution in [1.29, 1.82) is 0 Å². The zero-order valence-corrected chi connectivity index (χ0v) is 14.3. The van der Waals surface area contributed by atoms with Crippen LogP contribution < -0.4 is 20.2 Å². The number of aryl methyl sites for hydroxylation is 1. The molecule has 1 heterocycles. The minimum atomic E-state index is -0.482. The van der Waals surface area contributed by atoms with Gasteiger partial charge in [0.1, 0.15) is 11.5 Å². The molecular weight excluding hydrogens is 324 g/mol. The van der Waals surface area contributed by atoms with Crippen LogP contribution in [0.1, 0.15) is 19.0 Å². The van der Waals surface area contributed by atoms with Gasteiger partial charge in [0.15, 0.2) is 12.4 Å². The second-order valence-corrected chi connectivity index (χ2v) is 5.51. The van der Waals surface area contributed by atoms with E-state index in [9.17, 15) is 14.7 Å². The van der Waals surface area contributed by atoms with Crippen LogP contribution in [0.2, 0.25) is 0 Å². The molecule has 7 nitrogen and oxygen atoms in total. The van der Waals surface area contributed by atoms with Crippen LogP contribution in [-0.4, -0.2) is 28.8 Å². The molecular formula is C18H22N2O5. The standard InChI is InChI=1S/C18H22N2O5/c1-3-8-24-14-4-6-15(7-5-14)25-12-18(23)19-10-13-9-16(21)17(22)11-20(13)2/h4-7,9,11,22H,3,8,10,12H2,1-2H3,(H,19,23). The maximum absolute atomic E-state index is 11.9. The SMILES string of the molecule is CCCOc1ccc(OCC(=O)NCc2cc(=O)c(O)cn2C)cc1. The van der Waals surface area contributed by atoms with Crippen LogP contribution in [0.5, 0.6) is 17.2 Å². The van der Waals surface area contributed by atoms with E-state index < -0.39 is 5.43 Å². The number of aromatic nitrogens is 1. The number of pyridine rings is 1. The number of rotatable bonds is 8. The molecule has 134 valence electrons. The molecule has 1 aromatic carbocycles. The highest BCUT2D eigenvalue weighted by molar-refractivity contribution is 5.77. The number of carbonyl (C=O) groups excluding carboxylic acids is 1. The van der Waals surface area contributed by atoms with E-state index in [1.165, 1.54) is 12.3 Å². The number of ether oxygens (including phenoxy) is 2. The Kier molecular flexibility index (Phi) is 6.45. The first-order valence-corrected chi connectivity index (χ1v) is 8.00. The average Bonchev–Trinajstić information content (AvgIpc) is 2.61. The molecule has 0 aliphatic heterocycles. The van der Waals surface area contributed by atoms with E-state index in [4.69, 9.17) is 9.47 Å². The van der Waals surface area contributed by atoms with Crippen molar-refractivity contribution in [2.24, 2.45) is 7.05 Å². The highest BCUT2D eigenvalue weighted by Gasteiger charge is 2.07. The van der Waals surface area contributed by atoms with Gasteiger partial charge in [0, 0.05) is 25.0 Å². The van der Waals surface area contributed by atoms with E-state index in [2.05, 4.69) is 5.32 Å². The van der Waals surface area contributed by atoms with E-state index in [-0.39, 0.29) is 24.8 Å². The predicted molar refractivity (Wildman–Crippen MR) is 92.9 cm³/mol. The Hall–Kier alpha value is -2.96. The smallest absolute Gasteiger partial charge is 0.258 e. The molecule has 0 spiro atoms. The molecule has 1 amide bonds. The topological polar surface area (TPSA) is 89.8 Å². The summed E-state index contributed by atoms with van der Waals surface area (Å²) in [5.41, 5.74) is 0.0950. The lowest BCUT2D eigenvalue weighted by Gasteiger charge is -2.11. The third-order valence-corrected chi connectivity index (χ3v) is 3.45. The van der Waals surface area contributed by atoms with Crippen LogP contribution in [0.25, 0.3) is 0 Å². The van der Waals surface area contributed by atoms with Gasteiger partial charge in [-0.1, -0.05) is 6.92 Å². The fourth-order valence-corrected chi connectivity index (χ4v) is 2.07. The average molecular weight is 346 g/mol. The fourth-order valence-electron chi connectivity index (χ4n) is 2.07. The van der Waals surface area contributed by atoms with Crippen molar-refractivity contribution in [3.8, 4) is 17.2 Å². The molecule has 0 aliphatic carbocycles. The maximum atomic E-state index is 11.9. The minimum Gasteiger partial charge on any atom is -0.503 e. The Morgan fingerprint density at radius 1 is 1.20 bits per heavy atom. The van der Waals surface area contributed by atoms with Crippen molar-refractivity contribution < 1.29 is 19.4 Å². The lowest BCUT2D eigenvalue weighted by atomic mass is 10.3. The van der Waals surface area contributed by atoms with Crippen LogP contribution in [0, 0.1) is 0 Å². The Bertz CT molecular complexity index is 768. The summed E-state index contributed by atoms with van der Waals surface area (Å²) in [5, 5.41) is 12.0. The van der Waals surface area contributed by atoms with Gasteiger partial charge < -0.3 is 24.5 Å². The summed E-state index contributed by atoms with van der Waals surface area (Å²) in [5.74, 6) is 0.682. The number of carbonyl (C=O) groups is 1. The van der Waals surface area contributed by atoms with Crippen LogP contribution >= 0.6 is 0 Å². The summed E-state index contributed by atoms with van der Waals surface area (Å²) < 4.78 is 12.5. The zero-order valence-electron chi connectivity index (χ0n) is 14.3. The monoisotopic (exact) mass is 346 g/mol. The number of hydrogen-bond acceptors (Lipinski definition) is 5.